The topological polar surface area (TPSA) is 37.0 Å². The molecule has 0 amide bonds. The van der Waals surface area contributed by atoms with Crippen LogP contribution in [-0.4, -0.2) is 12.4 Å². The summed E-state index contributed by atoms with van der Waals surface area (Å²) in [4.78, 5) is 11.3. The fourth-order valence-electron chi connectivity index (χ4n) is 1.23. The first kappa shape index (κ1) is 12.6. The normalized spacial score (nSPS) is 12.8. The van der Waals surface area contributed by atoms with Gasteiger partial charge in [0.2, 0.25) is 0 Å². The van der Waals surface area contributed by atoms with Crippen LogP contribution in [-0.2, 0) is 9.90 Å². The Balaban J connectivity index is 3.27. The molecular weight excluding hydrogens is 164 g/mol. The second-order valence-electron chi connectivity index (χ2n) is 3.64. The third-order valence-corrected chi connectivity index (χ3v) is 2.48. The van der Waals surface area contributed by atoms with E-state index in [9.17, 15) is 9.90 Å². The second-order valence-corrected chi connectivity index (χ2v) is 3.64. The molecule has 1 atom stereocenters. The van der Waals surface area contributed by atoms with Crippen molar-refractivity contribution in [3.63, 3.8) is 0 Å². The summed E-state index contributed by atoms with van der Waals surface area (Å²) in [6.45, 7) is 4.05. The molecule has 1 radical (unpaired) electrons. The summed E-state index contributed by atoms with van der Waals surface area (Å²) in [7, 11) is 0. The largest absolute Gasteiger partial charge is 0.299 e. The Labute approximate surface area is 81.3 Å². The molecule has 0 rings (SSSR count). The van der Waals surface area contributed by atoms with Crippen molar-refractivity contribution in [1.29, 1.82) is 0 Å². The van der Waals surface area contributed by atoms with Crippen molar-refractivity contribution < 1.29 is 9.90 Å². The summed E-state index contributed by atoms with van der Waals surface area (Å²) < 4.78 is 0. The minimum atomic E-state index is 0.0271. The van der Waals surface area contributed by atoms with Crippen LogP contribution in [0.1, 0.15) is 52.4 Å². The predicted molar refractivity (Wildman–Crippen MR) is 53.1 cm³/mol. The number of Topliss-reactive ketones (excluding diaryl/α,β-unsaturated/α-hetero) is 1. The zero-order valence-electron chi connectivity index (χ0n) is 8.84. The molecule has 0 aromatic heterocycles. The first-order valence-corrected chi connectivity index (χ1v) is 5.33. The molecule has 2 heteroatoms. The molecule has 77 valence electrons. The van der Waals surface area contributed by atoms with Crippen molar-refractivity contribution in [3.8, 4) is 0 Å². The van der Waals surface area contributed by atoms with Crippen molar-refractivity contribution >= 4 is 5.78 Å². The Bertz CT molecular complexity index is 132. The van der Waals surface area contributed by atoms with E-state index in [0.29, 0.717) is 12.2 Å². The number of carbonyl (C=O) groups is 1. The highest BCUT2D eigenvalue weighted by Gasteiger charge is 2.09. The third-order valence-electron chi connectivity index (χ3n) is 2.48. The molecule has 0 saturated heterocycles. The van der Waals surface area contributed by atoms with E-state index in [2.05, 4.69) is 0 Å². The van der Waals surface area contributed by atoms with E-state index in [1.165, 1.54) is 0 Å². The van der Waals surface area contributed by atoms with E-state index in [1.54, 1.807) is 0 Å². The first-order valence-electron chi connectivity index (χ1n) is 5.33. The zero-order valence-corrected chi connectivity index (χ0v) is 8.84. The van der Waals surface area contributed by atoms with Gasteiger partial charge in [-0.1, -0.05) is 26.7 Å². The van der Waals surface area contributed by atoms with E-state index >= 15 is 0 Å². The summed E-state index contributed by atoms with van der Waals surface area (Å²) in [5.41, 5.74) is 0. The standard InChI is InChI=1S/C11H21O2/c1-3-10(2)11(13)8-6-4-5-7-9-12/h10H,3-9H2,1-2H3. The van der Waals surface area contributed by atoms with Crippen LogP contribution in [0.2, 0.25) is 0 Å². The Morgan fingerprint density at radius 3 is 2.31 bits per heavy atom. The van der Waals surface area contributed by atoms with Crippen molar-refractivity contribution in [2.45, 2.75) is 52.4 Å². The number of hydrogen-bond acceptors (Lipinski definition) is 1. The Morgan fingerprint density at radius 1 is 1.15 bits per heavy atom. The molecule has 0 spiro atoms. The molecule has 0 aliphatic heterocycles. The minimum absolute atomic E-state index is 0.0271. The maximum Gasteiger partial charge on any atom is 0.135 e. The molecule has 0 aromatic rings. The molecule has 0 fully saturated rings. The number of rotatable bonds is 8. The van der Waals surface area contributed by atoms with Gasteiger partial charge in [0.1, 0.15) is 5.78 Å². The van der Waals surface area contributed by atoms with Crippen LogP contribution in [0.25, 0.3) is 0 Å². The van der Waals surface area contributed by atoms with Gasteiger partial charge in [-0.3, -0.25) is 4.79 Å². The van der Waals surface area contributed by atoms with Crippen molar-refractivity contribution in [1.82, 2.24) is 0 Å². The summed E-state index contributed by atoms with van der Waals surface area (Å²) in [6.07, 6.45) is 5.38. The SMILES string of the molecule is CCC(C)C(=O)CCCCCC[O]. The van der Waals surface area contributed by atoms with E-state index in [4.69, 9.17) is 0 Å². The molecule has 0 aliphatic carbocycles. The fraction of sp³-hybridized carbons (Fsp3) is 0.909. The van der Waals surface area contributed by atoms with Gasteiger partial charge < -0.3 is 0 Å². The van der Waals surface area contributed by atoms with Crippen LogP contribution >= 0.6 is 0 Å². The van der Waals surface area contributed by atoms with Gasteiger partial charge in [0.15, 0.2) is 0 Å². The van der Waals surface area contributed by atoms with Crippen molar-refractivity contribution in [3.05, 3.63) is 0 Å². The lowest BCUT2D eigenvalue weighted by Crippen LogP contribution is -2.09. The van der Waals surface area contributed by atoms with Crippen LogP contribution in [0.5, 0.6) is 0 Å². The minimum Gasteiger partial charge on any atom is -0.299 e. The van der Waals surface area contributed by atoms with Gasteiger partial charge >= 0.3 is 0 Å². The zero-order chi connectivity index (χ0) is 10.1. The molecule has 13 heavy (non-hydrogen) atoms. The quantitative estimate of drug-likeness (QED) is 0.535. The van der Waals surface area contributed by atoms with Crippen LogP contribution in [0.3, 0.4) is 0 Å². The molecule has 0 aliphatic rings. The average Bonchev–Trinajstić information content (AvgIpc) is 2.16. The van der Waals surface area contributed by atoms with Gasteiger partial charge in [0.25, 0.3) is 0 Å². The van der Waals surface area contributed by atoms with Gasteiger partial charge in [-0.25, -0.2) is 5.11 Å². The van der Waals surface area contributed by atoms with Crippen molar-refractivity contribution in [2.75, 3.05) is 6.61 Å². The molecule has 1 unspecified atom stereocenters. The Morgan fingerprint density at radius 2 is 1.77 bits per heavy atom. The summed E-state index contributed by atoms with van der Waals surface area (Å²) in [5, 5.41) is 10.1. The number of ketones is 1. The molecular formula is C11H21O2. The monoisotopic (exact) mass is 185 g/mol. The Kier molecular flexibility index (Phi) is 8.00. The van der Waals surface area contributed by atoms with Crippen LogP contribution in [0.15, 0.2) is 0 Å². The van der Waals surface area contributed by atoms with E-state index in [0.717, 1.165) is 32.1 Å². The van der Waals surface area contributed by atoms with Gasteiger partial charge in [-0.15, -0.1) is 0 Å². The number of hydrogen-bond donors (Lipinski definition) is 0. The highest BCUT2D eigenvalue weighted by atomic mass is 16.2. The molecule has 0 heterocycles. The smallest absolute Gasteiger partial charge is 0.135 e. The predicted octanol–water partition coefficient (Wildman–Crippen LogP) is 2.98. The van der Waals surface area contributed by atoms with Gasteiger partial charge in [0.05, 0.1) is 6.61 Å². The second kappa shape index (κ2) is 8.24. The first-order chi connectivity index (χ1) is 6.22. The van der Waals surface area contributed by atoms with Crippen LogP contribution in [0, 0.1) is 5.92 Å². The van der Waals surface area contributed by atoms with E-state index in [1.807, 2.05) is 13.8 Å². The van der Waals surface area contributed by atoms with E-state index in [-0.39, 0.29) is 12.5 Å². The van der Waals surface area contributed by atoms with Gasteiger partial charge in [0, 0.05) is 12.3 Å². The summed E-state index contributed by atoms with van der Waals surface area (Å²) >= 11 is 0. The fourth-order valence-corrected chi connectivity index (χ4v) is 1.23. The average molecular weight is 185 g/mol. The van der Waals surface area contributed by atoms with Gasteiger partial charge in [-0.2, -0.15) is 0 Å². The molecule has 0 bridgehead atoms. The molecule has 0 saturated carbocycles. The summed E-state index contributed by atoms with van der Waals surface area (Å²) in [5.74, 6) is 0.601. The van der Waals surface area contributed by atoms with Gasteiger partial charge in [-0.05, 0) is 19.3 Å². The maximum atomic E-state index is 11.3. The number of carbonyl (C=O) groups excluding carboxylic acids is 1. The highest BCUT2D eigenvalue weighted by Crippen LogP contribution is 2.10. The molecule has 0 N–H and O–H groups in total. The van der Waals surface area contributed by atoms with E-state index < -0.39 is 0 Å². The van der Waals surface area contributed by atoms with Crippen LogP contribution in [0.4, 0.5) is 0 Å². The lowest BCUT2D eigenvalue weighted by atomic mass is 9.98. The molecule has 2 nitrogen and oxygen atoms in total. The highest BCUT2D eigenvalue weighted by molar-refractivity contribution is 5.80. The third kappa shape index (κ3) is 6.76. The van der Waals surface area contributed by atoms with Crippen LogP contribution < -0.4 is 0 Å². The molecule has 0 aromatic carbocycles. The lowest BCUT2D eigenvalue weighted by molar-refractivity contribution is -0.122. The lowest BCUT2D eigenvalue weighted by Gasteiger charge is -2.06. The summed E-state index contributed by atoms with van der Waals surface area (Å²) in [6, 6.07) is 0. The number of unbranched alkanes of at least 4 members (excludes halogenated alkanes) is 3. The Hall–Kier alpha value is -0.370. The maximum absolute atomic E-state index is 11.3. The van der Waals surface area contributed by atoms with Crippen molar-refractivity contribution in [2.24, 2.45) is 5.92 Å².